The van der Waals surface area contributed by atoms with Gasteiger partial charge in [-0.2, -0.15) is 15.0 Å². The van der Waals surface area contributed by atoms with E-state index in [4.69, 9.17) is 77.7 Å². The summed E-state index contributed by atoms with van der Waals surface area (Å²) in [6, 6.07) is 11.6. The first-order valence-electron chi connectivity index (χ1n) is 39.9. The fraction of sp³-hybridized carbons (Fsp3) is 0.375. The van der Waals surface area contributed by atoms with Gasteiger partial charge in [0.15, 0.2) is 0 Å². The highest BCUT2D eigenvalue weighted by molar-refractivity contribution is 5.74. The number of ether oxygens (including phenoxy) is 3. The summed E-state index contributed by atoms with van der Waals surface area (Å²) in [6.07, 6.45) is -14.0. The fourth-order valence-electron chi connectivity index (χ4n) is 9.64. The minimum atomic E-state index is -3.04. The third kappa shape index (κ3) is 14.6. The van der Waals surface area contributed by atoms with Crippen molar-refractivity contribution >= 4 is 17.1 Å². The zero-order chi connectivity index (χ0) is 82.9. The summed E-state index contributed by atoms with van der Waals surface area (Å²) < 4.78 is 218. The zero-order valence-electron chi connectivity index (χ0n) is 72.7. The fourth-order valence-corrected chi connectivity index (χ4v) is 9.64. The second kappa shape index (κ2) is 29.7. The van der Waals surface area contributed by atoms with Crippen LogP contribution in [0.5, 0.6) is 17.2 Å². The van der Waals surface area contributed by atoms with E-state index in [-0.39, 0.29) is 170 Å². The topological polar surface area (TPSA) is 194 Å². The molecule has 0 aliphatic heterocycles. The highest BCUT2D eigenvalue weighted by Gasteiger charge is 2.30. The summed E-state index contributed by atoms with van der Waals surface area (Å²) in [4.78, 5) is 23.4. The van der Waals surface area contributed by atoms with Crippen LogP contribution in [0, 0.1) is 19.7 Å². The van der Waals surface area contributed by atoms with Gasteiger partial charge in [-0.15, -0.1) is 0 Å². The smallest absolute Gasteiger partial charge is 0.256 e. The molecule has 12 rings (SSSR count). The zero-order valence-corrected chi connectivity index (χ0v) is 50.7. The van der Waals surface area contributed by atoms with Crippen LogP contribution in [-0.4, -0.2) is 68.3 Å². The minimum absolute atomic E-state index is 0.00605. The van der Waals surface area contributed by atoms with Gasteiger partial charge in [0.1, 0.15) is 17.2 Å². The van der Waals surface area contributed by atoms with Gasteiger partial charge in [0.2, 0.25) is 34.5 Å². The summed E-state index contributed by atoms with van der Waals surface area (Å²) >= 11 is 0. The quantitative estimate of drug-likeness (QED) is 0.0575. The lowest BCUT2D eigenvalue weighted by Gasteiger charge is -2.13. The summed E-state index contributed by atoms with van der Waals surface area (Å²) in [5.74, 6) is 0.410. The maximum atomic E-state index is 8.93. The summed E-state index contributed by atoms with van der Waals surface area (Å²) in [5.41, 5.74) is 2.21. The molecule has 9 aromatic rings. The van der Waals surface area contributed by atoms with E-state index in [1.54, 1.807) is 50.2 Å². The molecular weight excluding hydrogens is 1130 g/mol. The molecule has 3 aromatic heterocycles. The molecule has 462 valence electrons. The van der Waals surface area contributed by atoms with Gasteiger partial charge >= 0.3 is 0 Å². The number of hydrogen-bond acceptors (Lipinski definition) is 15. The minimum Gasteiger partial charge on any atom is -0.502 e. The van der Waals surface area contributed by atoms with Crippen LogP contribution in [0.1, 0.15) is 182 Å². The molecule has 0 unspecified atom stereocenters. The highest BCUT2D eigenvalue weighted by Crippen LogP contribution is 2.42. The molecule has 3 aliphatic rings. The van der Waals surface area contributed by atoms with Crippen molar-refractivity contribution in [2.24, 2.45) is 0 Å². The van der Waals surface area contributed by atoms with Gasteiger partial charge in [0, 0.05) is 72.0 Å². The van der Waals surface area contributed by atoms with Crippen molar-refractivity contribution in [1.82, 2.24) is 46.4 Å². The predicted octanol–water partition coefficient (Wildman–Crippen LogP) is 17.2. The first-order chi connectivity index (χ1) is 52.1. The van der Waals surface area contributed by atoms with Gasteiger partial charge in [-0.05, 0) is 207 Å². The van der Waals surface area contributed by atoms with Gasteiger partial charge < -0.3 is 43.7 Å². The van der Waals surface area contributed by atoms with Crippen molar-refractivity contribution in [1.29, 1.82) is 0 Å². The maximum Gasteiger partial charge on any atom is 0.256 e. The van der Waals surface area contributed by atoms with Crippen LogP contribution in [0.15, 0.2) is 123 Å². The molecule has 0 fully saturated rings. The number of nitrogens with zero attached hydrogens (tertiary/aromatic N) is 9. The molecule has 0 spiro atoms. The van der Waals surface area contributed by atoms with Gasteiger partial charge in [-0.25, -0.2) is 14.5 Å². The molecule has 0 bridgehead atoms. The van der Waals surface area contributed by atoms with Crippen molar-refractivity contribution < 1.29 is 57.9 Å². The molecule has 3 atom stereocenters. The Balaban J connectivity index is 0.000000178. The van der Waals surface area contributed by atoms with E-state index in [1.165, 1.54) is 43.3 Å². The molecule has 90 heavy (non-hydrogen) atoms. The van der Waals surface area contributed by atoms with E-state index in [1.807, 2.05) is 34.6 Å². The Labute approximate surface area is 558 Å². The molecule has 18 heteroatoms. The van der Waals surface area contributed by atoms with Crippen molar-refractivity contribution in [3.8, 4) is 85.8 Å². The average Bonchev–Trinajstić information content (AvgIpc) is 1.53. The number of nitrogens with one attached hydrogen (secondary N) is 3. The van der Waals surface area contributed by atoms with Gasteiger partial charge in [-0.3, -0.25) is 0 Å². The Morgan fingerprint density at radius 1 is 0.578 bits per heavy atom. The van der Waals surface area contributed by atoms with Crippen molar-refractivity contribution in [2.45, 2.75) is 156 Å². The van der Waals surface area contributed by atoms with E-state index in [0.717, 1.165) is 19.9 Å². The van der Waals surface area contributed by atoms with Crippen molar-refractivity contribution in [3.63, 3.8) is 0 Å². The molecule has 6 aromatic carbocycles. The number of hydrogen-bond donors (Lipinski definition) is 3. The van der Waals surface area contributed by atoms with E-state index in [9.17, 15) is 0 Å². The van der Waals surface area contributed by atoms with Gasteiger partial charge in [0.25, 0.3) is 17.7 Å². The van der Waals surface area contributed by atoms with Crippen LogP contribution in [-0.2, 0) is 19.2 Å². The van der Waals surface area contributed by atoms with Crippen LogP contribution in [0.25, 0.3) is 83.1 Å². The van der Waals surface area contributed by atoms with E-state index >= 15 is 0 Å². The number of benzene rings is 6. The Morgan fingerprint density at radius 2 is 1.10 bits per heavy atom. The molecular formula is C72H78N12O6. The molecule has 0 radical (unpaired) electrons. The predicted molar refractivity (Wildman–Crippen MR) is 350 cm³/mol. The second-order valence-corrected chi connectivity index (χ2v) is 21.0. The van der Waals surface area contributed by atoms with E-state index in [0.29, 0.717) is 46.6 Å². The van der Waals surface area contributed by atoms with Crippen LogP contribution in [0.2, 0.25) is 0 Å². The summed E-state index contributed by atoms with van der Waals surface area (Å²) in [6.45, 7) is 35.0. The Morgan fingerprint density at radius 3 is 1.61 bits per heavy atom. The van der Waals surface area contributed by atoms with E-state index < -0.39 is 56.8 Å². The molecule has 0 saturated carbocycles. The molecule has 3 aliphatic carbocycles. The van der Waals surface area contributed by atoms with Crippen LogP contribution in [0.3, 0.4) is 0 Å². The number of rotatable bonds is 21. The number of fused-ring (bicyclic) bond motifs is 3. The SMILES string of the molecule is [2H]C([2H])(C)C([2H])([2H])N[C@]1([2H])c2cccc(-c3noc(-c4ccc(OC(C)C)c([N+]#[C-])c4)n3)c2C([2H])([2H])C1([2H])[2H].[2H]C([2H])(C)CN[C@]1([2H])c2cccc(-c3noc(-c4ccc(OC(C)C)c([N+]#[C-])c4)n3)c2C([2H])([2H])C1([2H])[2H].[2H]c1c([2H])c(-c2noc(-c3c([2H])c([2H])c(OC(C)C)c([N+]#[C-])c3[2H])n2)c2c(c1[2H])[C@@H](NCCC)CC2. The molecule has 3 N–H and O–H groups in total. The third-order valence-electron chi connectivity index (χ3n) is 13.5. The number of aromatic nitrogens is 6. The van der Waals surface area contributed by atoms with E-state index in [2.05, 4.69) is 60.9 Å². The molecule has 0 saturated heterocycles. The third-order valence-corrected chi connectivity index (χ3v) is 13.5. The Bertz CT molecular complexity index is 5230. The largest absolute Gasteiger partial charge is 0.502 e. The molecule has 18 nitrogen and oxygen atoms in total. The highest BCUT2D eigenvalue weighted by atomic mass is 16.5. The summed E-state index contributed by atoms with van der Waals surface area (Å²) in [7, 11) is 0. The van der Waals surface area contributed by atoms with Gasteiger partial charge in [-0.1, -0.05) is 90.8 Å². The lowest BCUT2D eigenvalue weighted by Crippen LogP contribution is -2.19. The van der Waals surface area contributed by atoms with Crippen molar-refractivity contribution in [2.75, 3.05) is 19.6 Å². The van der Waals surface area contributed by atoms with Crippen molar-refractivity contribution in [3.05, 3.63) is 177 Å². The van der Waals surface area contributed by atoms with Crippen LogP contribution in [0.4, 0.5) is 17.1 Å². The Kier molecular flexibility index (Phi) is 13.5. The molecule has 0 amide bonds. The Hall–Kier alpha value is -9.51. The van der Waals surface area contributed by atoms with Crippen LogP contribution >= 0.6 is 0 Å². The first-order valence-corrected chi connectivity index (χ1v) is 28.9. The average molecular weight is 1230 g/mol. The maximum absolute atomic E-state index is 8.93. The summed E-state index contributed by atoms with van der Waals surface area (Å²) in [5, 5.41) is 20.1. The molecule has 3 heterocycles. The van der Waals surface area contributed by atoms with Crippen LogP contribution < -0.4 is 30.2 Å². The lowest BCUT2D eigenvalue weighted by atomic mass is 10.0. The standard InChI is InChI=1S/3C24H26N4O2/c3*1-5-13-26-20-11-10-17-18(20)7-6-8-19(17)23-27-24(30-28-23)16-9-12-22(29-15(2)3)21(14-16)25-4/h3*6-9,12,14-15,20,26H,5,10-11,13H2,1-3H3/t3*20-/m000/s1/i6D,7D,8D,9D,12D,14D;5D2,10D2,11D2,13D2,20D;5D2,10D2,11D2,20D. The monoisotopic (exact) mass is 1230 g/mol. The first kappa shape index (κ1) is 40.9. The second-order valence-electron chi connectivity index (χ2n) is 21.0. The van der Waals surface area contributed by atoms with Gasteiger partial charge in [0.05, 0.1) is 47.6 Å². The lowest BCUT2D eigenvalue weighted by molar-refractivity contribution is 0.244. The normalized spacial score (nSPS) is 23.1.